The number of anilines is 2. The molecule has 0 aliphatic carbocycles. The monoisotopic (exact) mass is 462 g/mol. The van der Waals surface area contributed by atoms with Gasteiger partial charge in [0, 0.05) is 31.3 Å². The second kappa shape index (κ2) is 8.56. The molecule has 34 heavy (non-hydrogen) atoms. The standard InChI is InChI=1S/C24H30N8O2/c1-3-34-18-7-9-30(15(2)10-18)20-11-22(31-16-4-5-17(31)14-33-13-16)27-24-23(20)19(12-25)29-32(24)21-6-8-26-28-21/h6,8,11,15-18H,3-5,7,9-10,13-14H2,1-2H3,(H,26,28)/t15-,16?,17?,18?/m1/s1. The second-order valence-corrected chi connectivity index (χ2v) is 9.49. The molecule has 0 radical (unpaired) electrons. The van der Waals surface area contributed by atoms with Crippen LogP contribution in [0.1, 0.15) is 45.2 Å². The number of rotatable bonds is 5. The van der Waals surface area contributed by atoms with Crippen LogP contribution >= 0.6 is 0 Å². The molecule has 178 valence electrons. The molecule has 3 unspecified atom stereocenters. The minimum atomic E-state index is 0.270. The van der Waals surface area contributed by atoms with Crippen molar-refractivity contribution in [3.05, 3.63) is 24.0 Å². The number of ether oxygens (including phenoxy) is 2. The van der Waals surface area contributed by atoms with E-state index in [1.807, 2.05) is 6.07 Å². The third kappa shape index (κ3) is 3.42. The normalized spacial score (nSPS) is 26.9. The van der Waals surface area contributed by atoms with Crippen molar-refractivity contribution in [1.82, 2.24) is 25.0 Å². The molecule has 6 rings (SSSR count). The van der Waals surface area contributed by atoms with Crippen LogP contribution in [-0.2, 0) is 9.47 Å². The van der Waals surface area contributed by atoms with Crippen LogP contribution in [0.2, 0.25) is 0 Å². The van der Waals surface area contributed by atoms with E-state index in [4.69, 9.17) is 14.5 Å². The molecular weight excluding hydrogens is 432 g/mol. The summed E-state index contributed by atoms with van der Waals surface area (Å²) in [6.07, 6.45) is 6.08. The number of pyridine rings is 1. The van der Waals surface area contributed by atoms with Crippen LogP contribution < -0.4 is 9.80 Å². The number of fused-ring (bicyclic) bond motifs is 3. The molecule has 0 saturated carbocycles. The van der Waals surface area contributed by atoms with Crippen LogP contribution in [0.4, 0.5) is 11.5 Å². The van der Waals surface area contributed by atoms with Gasteiger partial charge >= 0.3 is 0 Å². The molecule has 3 aliphatic rings. The molecule has 0 amide bonds. The van der Waals surface area contributed by atoms with Crippen molar-refractivity contribution >= 4 is 22.5 Å². The number of aromatic nitrogens is 5. The van der Waals surface area contributed by atoms with Gasteiger partial charge in [-0.3, -0.25) is 5.10 Å². The Morgan fingerprint density at radius 2 is 2.09 bits per heavy atom. The van der Waals surface area contributed by atoms with Crippen molar-refractivity contribution in [1.29, 1.82) is 5.26 Å². The summed E-state index contributed by atoms with van der Waals surface area (Å²) in [5.74, 6) is 1.62. The zero-order valence-corrected chi connectivity index (χ0v) is 19.6. The molecule has 1 N–H and O–H groups in total. The maximum absolute atomic E-state index is 10.0. The number of nitriles is 1. The summed E-state index contributed by atoms with van der Waals surface area (Å²) in [7, 11) is 0. The first-order valence-corrected chi connectivity index (χ1v) is 12.3. The first-order valence-electron chi connectivity index (χ1n) is 12.3. The molecule has 3 aliphatic heterocycles. The highest BCUT2D eigenvalue weighted by atomic mass is 16.5. The molecule has 10 heteroatoms. The lowest BCUT2D eigenvalue weighted by molar-refractivity contribution is 0.0380. The van der Waals surface area contributed by atoms with Gasteiger partial charge in [0.05, 0.1) is 48.7 Å². The third-order valence-electron chi connectivity index (χ3n) is 7.47. The van der Waals surface area contributed by atoms with Crippen molar-refractivity contribution < 1.29 is 9.47 Å². The van der Waals surface area contributed by atoms with Gasteiger partial charge in [-0.15, -0.1) is 0 Å². The summed E-state index contributed by atoms with van der Waals surface area (Å²) in [4.78, 5) is 9.95. The van der Waals surface area contributed by atoms with Crippen molar-refractivity contribution in [2.45, 2.75) is 63.8 Å². The molecule has 3 aromatic heterocycles. The molecule has 2 bridgehead atoms. The van der Waals surface area contributed by atoms with E-state index in [0.717, 1.165) is 68.9 Å². The lowest BCUT2D eigenvalue weighted by Crippen LogP contribution is -2.47. The van der Waals surface area contributed by atoms with Crippen molar-refractivity contribution in [2.24, 2.45) is 0 Å². The number of hydrogen-bond acceptors (Lipinski definition) is 8. The number of piperidine rings is 1. The predicted octanol–water partition coefficient (Wildman–Crippen LogP) is 2.78. The van der Waals surface area contributed by atoms with E-state index in [9.17, 15) is 5.26 Å². The number of morpholine rings is 1. The molecular formula is C24H30N8O2. The van der Waals surface area contributed by atoms with Gasteiger partial charge < -0.3 is 19.3 Å². The minimum absolute atomic E-state index is 0.270. The highest BCUT2D eigenvalue weighted by Gasteiger charge is 2.39. The van der Waals surface area contributed by atoms with E-state index < -0.39 is 0 Å². The van der Waals surface area contributed by atoms with Crippen LogP contribution in [0, 0.1) is 11.3 Å². The van der Waals surface area contributed by atoms with Gasteiger partial charge in [0.2, 0.25) is 0 Å². The van der Waals surface area contributed by atoms with Crippen LogP contribution in [-0.4, -0.2) is 75.6 Å². The Morgan fingerprint density at radius 3 is 2.76 bits per heavy atom. The lowest BCUT2D eigenvalue weighted by atomic mass is 9.99. The van der Waals surface area contributed by atoms with Gasteiger partial charge in [0.15, 0.2) is 17.2 Å². The predicted molar refractivity (Wildman–Crippen MR) is 127 cm³/mol. The number of aromatic amines is 1. The van der Waals surface area contributed by atoms with Gasteiger partial charge in [-0.1, -0.05) is 0 Å². The average molecular weight is 463 g/mol. The summed E-state index contributed by atoms with van der Waals surface area (Å²) in [5.41, 5.74) is 2.08. The Bertz CT molecular complexity index is 1200. The SMILES string of the molecule is CCOC1CCN(c2cc(N3C4CCC3COC4)nc3c2c(C#N)nn3-c2ccn[nH]2)[C@H](C)C1. The molecule has 6 heterocycles. The quantitative estimate of drug-likeness (QED) is 0.617. The maximum atomic E-state index is 10.0. The Labute approximate surface area is 198 Å². The minimum Gasteiger partial charge on any atom is -0.378 e. The first-order chi connectivity index (χ1) is 16.7. The summed E-state index contributed by atoms with van der Waals surface area (Å²) >= 11 is 0. The molecule has 3 aromatic rings. The third-order valence-corrected chi connectivity index (χ3v) is 7.47. The zero-order valence-electron chi connectivity index (χ0n) is 19.6. The Hall–Kier alpha value is -3.16. The van der Waals surface area contributed by atoms with E-state index in [-0.39, 0.29) is 12.1 Å². The van der Waals surface area contributed by atoms with Crippen LogP contribution in [0.15, 0.2) is 18.3 Å². The van der Waals surface area contributed by atoms with E-state index in [1.165, 1.54) is 0 Å². The molecule has 10 nitrogen and oxygen atoms in total. The van der Waals surface area contributed by atoms with E-state index >= 15 is 0 Å². The topological polar surface area (TPSA) is 108 Å². The largest absolute Gasteiger partial charge is 0.378 e. The Morgan fingerprint density at radius 1 is 1.26 bits per heavy atom. The van der Waals surface area contributed by atoms with E-state index in [2.05, 4.69) is 51.1 Å². The summed E-state index contributed by atoms with van der Waals surface area (Å²) < 4.78 is 13.5. The lowest BCUT2D eigenvalue weighted by Gasteiger charge is -2.40. The summed E-state index contributed by atoms with van der Waals surface area (Å²) in [6, 6.07) is 7.26. The Kier molecular flexibility index (Phi) is 5.38. The van der Waals surface area contributed by atoms with Gasteiger partial charge in [-0.25, -0.2) is 4.98 Å². The number of H-pyrrole nitrogens is 1. The van der Waals surface area contributed by atoms with Gasteiger partial charge in [0.25, 0.3) is 0 Å². The van der Waals surface area contributed by atoms with E-state index in [0.29, 0.717) is 29.2 Å². The number of hydrogen-bond donors (Lipinski definition) is 1. The summed E-state index contributed by atoms with van der Waals surface area (Å²) in [6.45, 7) is 7.34. The number of nitrogens with one attached hydrogen (secondary N) is 1. The molecule has 0 aromatic carbocycles. The summed E-state index contributed by atoms with van der Waals surface area (Å²) in [5, 5.41) is 22.5. The molecule has 3 saturated heterocycles. The van der Waals surface area contributed by atoms with Crippen LogP contribution in [0.5, 0.6) is 0 Å². The number of nitrogens with zero attached hydrogens (tertiary/aromatic N) is 7. The molecule has 0 spiro atoms. The smallest absolute Gasteiger partial charge is 0.174 e. The van der Waals surface area contributed by atoms with Crippen molar-refractivity contribution in [3.8, 4) is 11.9 Å². The fourth-order valence-corrected chi connectivity index (χ4v) is 5.93. The van der Waals surface area contributed by atoms with Gasteiger partial charge in [-0.2, -0.15) is 20.1 Å². The average Bonchev–Trinajstić information content (AvgIpc) is 3.55. The molecule has 4 atom stereocenters. The van der Waals surface area contributed by atoms with Crippen molar-refractivity contribution in [2.75, 3.05) is 36.2 Å². The van der Waals surface area contributed by atoms with Crippen molar-refractivity contribution in [3.63, 3.8) is 0 Å². The second-order valence-electron chi connectivity index (χ2n) is 9.49. The Balaban J connectivity index is 1.52. The van der Waals surface area contributed by atoms with Gasteiger partial charge in [0.1, 0.15) is 11.9 Å². The van der Waals surface area contributed by atoms with E-state index in [1.54, 1.807) is 10.9 Å². The van der Waals surface area contributed by atoms with Crippen LogP contribution in [0.3, 0.4) is 0 Å². The highest BCUT2D eigenvalue weighted by molar-refractivity contribution is 5.96. The fourth-order valence-electron chi connectivity index (χ4n) is 5.93. The van der Waals surface area contributed by atoms with Gasteiger partial charge in [-0.05, 0) is 39.5 Å². The zero-order chi connectivity index (χ0) is 23.2. The fraction of sp³-hybridized carbons (Fsp3) is 0.583. The maximum Gasteiger partial charge on any atom is 0.174 e. The first kappa shape index (κ1) is 21.4. The highest BCUT2D eigenvalue weighted by Crippen LogP contribution is 2.40. The van der Waals surface area contributed by atoms with Crippen LogP contribution in [0.25, 0.3) is 16.9 Å². The molecule has 3 fully saturated rings.